The van der Waals surface area contributed by atoms with Gasteiger partial charge in [0.2, 0.25) is 0 Å². The first-order chi connectivity index (χ1) is 10.4. The van der Waals surface area contributed by atoms with Crippen LogP contribution in [0.1, 0.15) is 46.5 Å². The molecule has 2 rings (SSSR count). The first kappa shape index (κ1) is 21.0. The van der Waals surface area contributed by atoms with Gasteiger partial charge in [-0.3, -0.25) is 9.89 Å². The number of likely N-dealkylation sites (tertiary alicyclic amines) is 2. The van der Waals surface area contributed by atoms with E-state index in [-0.39, 0.29) is 29.5 Å². The molecule has 0 amide bonds. The first-order valence-corrected chi connectivity index (χ1v) is 8.75. The molecular formula is C17H35IN4O. The first-order valence-electron chi connectivity index (χ1n) is 8.75. The van der Waals surface area contributed by atoms with E-state index in [9.17, 15) is 0 Å². The number of guanidine groups is 1. The molecule has 0 bridgehead atoms. The van der Waals surface area contributed by atoms with E-state index < -0.39 is 0 Å². The highest BCUT2D eigenvalue weighted by Gasteiger charge is 2.30. The third kappa shape index (κ3) is 6.05. The van der Waals surface area contributed by atoms with Crippen molar-refractivity contribution in [3.8, 4) is 0 Å². The zero-order chi connectivity index (χ0) is 16.2. The van der Waals surface area contributed by atoms with Crippen LogP contribution in [0.5, 0.6) is 0 Å². The summed E-state index contributed by atoms with van der Waals surface area (Å²) >= 11 is 0. The van der Waals surface area contributed by atoms with E-state index in [1.165, 1.54) is 12.8 Å². The number of halogens is 1. The van der Waals surface area contributed by atoms with Gasteiger partial charge in [0.25, 0.3) is 0 Å². The molecule has 0 saturated carbocycles. The van der Waals surface area contributed by atoms with Crippen molar-refractivity contribution in [3.05, 3.63) is 0 Å². The maximum atomic E-state index is 6.21. The minimum atomic E-state index is 0. The molecule has 136 valence electrons. The van der Waals surface area contributed by atoms with Gasteiger partial charge in [0.05, 0.1) is 12.6 Å². The summed E-state index contributed by atoms with van der Waals surface area (Å²) < 4.78 is 5.46. The molecular weight excluding hydrogens is 403 g/mol. The number of hydrogen-bond donors (Lipinski definition) is 1. The second kappa shape index (κ2) is 9.42. The van der Waals surface area contributed by atoms with Crippen LogP contribution in [-0.2, 0) is 4.74 Å². The Balaban J connectivity index is 0.00000264. The average Bonchev–Trinajstić information content (AvgIpc) is 2.53. The number of hydrogen-bond acceptors (Lipinski definition) is 3. The molecule has 0 aromatic carbocycles. The summed E-state index contributed by atoms with van der Waals surface area (Å²) in [6.45, 7) is 11.9. The molecule has 0 spiro atoms. The molecule has 6 heteroatoms. The van der Waals surface area contributed by atoms with Gasteiger partial charge in [0, 0.05) is 38.8 Å². The van der Waals surface area contributed by atoms with Crippen LogP contribution >= 0.6 is 24.0 Å². The normalized spacial score (nSPS) is 23.0. The van der Waals surface area contributed by atoms with Gasteiger partial charge >= 0.3 is 0 Å². The van der Waals surface area contributed by atoms with Crippen LogP contribution in [0, 0.1) is 5.92 Å². The molecule has 2 saturated heterocycles. The predicted octanol–water partition coefficient (Wildman–Crippen LogP) is 2.54. The Kier molecular flexibility index (Phi) is 8.58. The highest BCUT2D eigenvalue weighted by atomic mass is 127. The molecule has 0 aromatic rings. The largest absolute Gasteiger partial charge is 0.381 e. The molecule has 0 atom stereocenters. The Bertz CT molecular complexity index is 373. The van der Waals surface area contributed by atoms with Gasteiger partial charge in [-0.25, -0.2) is 0 Å². The fourth-order valence-electron chi connectivity index (χ4n) is 3.41. The summed E-state index contributed by atoms with van der Waals surface area (Å²) in [4.78, 5) is 9.48. The van der Waals surface area contributed by atoms with E-state index in [4.69, 9.17) is 15.5 Å². The monoisotopic (exact) mass is 438 g/mol. The number of nitrogens with zero attached hydrogens (tertiary/aromatic N) is 3. The minimum absolute atomic E-state index is 0. The van der Waals surface area contributed by atoms with Gasteiger partial charge in [-0.2, -0.15) is 0 Å². The van der Waals surface area contributed by atoms with E-state index in [1.807, 2.05) is 7.11 Å². The van der Waals surface area contributed by atoms with Gasteiger partial charge < -0.3 is 15.4 Å². The Morgan fingerprint density at radius 1 is 1.13 bits per heavy atom. The van der Waals surface area contributed by atoms with Crippen LogP contribution in [0.25, 0.3) is 0 Å². The summed E-state index contributed by atoms with van der Waals surface area (Å²) in [7, 11) is 1.82. The molecule has 2 heterocycles. The van der Waals surface area contributed by atoms with Gasteiger partial charge in [0.1, 0.15) is 0 Å². The fourth-order valence-corrected chi connectivity index (χ4v) is 3.41. The van der Waals surface area contributed by atoms with Gasteiger partial charge in [-0.1, -0.05) is 6.92 Å². The predicted molar refractivity (Wildman–Crippen MR) is 108 cm³/mol. The van der Waals surface area contributed by atoms with Crippen molar-refractivity contribution in [2.24, 2.45) is 16.6 Å². The Morgan fingerprint density at radius 2 is 1.70 bits per heavy atom. The molecule has 0 aromatic heterocycles. The standard InChI is InChI=1S/C17H34N4O.HI/c1-14-5-9-20(10-6-14)16(18)19-13-17(2,3)21-11-7-15(22-4)8-12-21;/h14-15H,5-13H2,1-4H3,(H2,18,19);1H. The Hall–Kier alpha value is -0.0800. The minimum Gasteiger partial charge on any atom is -0.381 e. The van der Waals surface area contributed by atoms with Crippen LogP contribution in [0.2, 0.25) is 0 Å². The number of nitrogens with two attached hydrogens (primary N) is 1. The molecule has 0 unspecified atom stereocenters. The van der Waals surface area contributed by atoms with Crippen LogP contribution in [0.4, 0.5) is 0 Å². The van der Waals surface area contributed by atoms with E-state index in [2.05, 4.69) is 30.6 Å². The van der Waals surface area contributed by atoms with Crippen molar-refractivity contribution < 1.29 is 4.74 Å². The number of methoxy groups -OCH3 is 1. The third-order valence-electron chi connectivity index (χ3n) is 5.37. The summed E-state index contributed by atoms with van der Waals surface area (Å²) in [5.41, 5.74) is 6.27. The third-order valence-corrected chi connectivity index (χ3v) is 5.37. The van der Waals surface area contributed by atoms with E-state index >= 15 is 0 Å². The quantitative estimate of drug-likeness (QED) is 0.417. The summed E-state index contributed by atoms with van der Waals surface area (Å²) in [6, 6.07) is 0. The average molecular weight is 438 g/mol. The second-order valence-corrected chi connectivity index (χ2v) is 7.58. The maximum absolute atomic E-state index is 6.21. The maximum Gasteiger partial charge on any atom is 0.191 e. The number of aliphatic imine (C=N–C) groups is 1. The number of piperidine rings is 2. The zero-order valence-corrected chi connectivity index (χ0v) is 17.6. The topological polar surface area (TPSA) is 54.1 Å². The molecule has 0 radical (unpaired) electrons. The highest BCUT2D eigenvalue weighted by molar-refractivity contribution is 14.0. The second-order valence-electron chi connectivity index (χ2n) is 7.58. The van der Waals surface area contributed by atoms with E-state index in [0.29, 0.717) is 6.10 Å². The Labute approximate surface area is 159 Å². The van der Waals surface area contributed by atoms with Crippen LogP contribution in [0.3, 0.4) is 0 Å². The summed E-state index contributed by atoms with van der Waals surface area (Å²) in [6.07, 6.45) is 5.11. The van der Waals surface area contributed by atoms with Crippen LogP contribution in [-0.4, -0.2) is 67.2 Å². The summed E-state index contributed by atoms with van der Waals surface area (Å²) in [5.74, 6) is 1.55. The number of ether oxygens (including phenoxy) is 1. The molecule has 2 fully saturated rings. The van der Waals surface area contributed by atoms with E-state index in [1.54, 1.807) is 0 Å². The molecule has 0 aliphatic carbocycles. The van der Waals surface area contributed by atoms with E-state index in [0.717, 1.165) is 57.4 Å². The summed E-state index contributed by atoms with van der Waals surface area (Å²) in [5, 5.41) is 0. The fraction of sp³-hybridized carbons (Fsp3) is 0.941. The van der Waals surface area contributed by atoms with Crippen LogP contribution < -0.4 is 5.73 Å². The van der Waals surface area contributed by atoms with Gasteiger partial charge in [0.15, 0.2) is 5.96 Å². The smallest absolute Gasteiger partial charge is 0.191 e. The van der Waals surface area contributed by atoms with Crippen LogP contribution in [0.15, 0.2) is 4.99 Å². The lowest BCUT2D eigenvalue weighted by Crippen LogP contribution is -2.52. The van der Waals surface area contributed by atoms with Crippen molar-refractivity contribution in [1.82, 2.24) is 9.80 Å². The molecule has 2 aliphatic rings. The lowest BCUT2D eigenvalue weighted by Gasteiger charge is -2.42. The molecule has 2 N–H and O–H groups in total. The zero-order valence-electron chi connectivity index (χ0n) is 15.3. The van der Waals surface area contributed by atoms with Crippen molar-refractivity contribution in [3.63, 3.8) is 0 Å². The van der Waals surface area contributed by atoms with Gasteiger partial charge in [-0.15, -0.1) is 24.0 Å². The SMILES string of the molecule is COC1CCN(C(C)(C)CN=C(N)N2CCC(C)CC2)CC1.I. The van der Waals surface area contributed by atoms with Crippen molar-refractivity contribution in [2.75, 3.05) is 39.8 Å². The van der Waals surface area contributed by atoms with Crippen molar-refractivity contribution in [1.29, 1.82) is 0 Å². The molecule has 5 nitrogen and oxygen atoms in total. The highest BCUT2D eigenvalue weighted by Crippen LogP contribution is 2.22. The van der Waals surface area contributed by atoms with Crippen molar-refractivity contribution >= 4 is 29.9 Å². The lowest BCUT2D eigenvalue weighted by molar-refractivity contribution is 0.00904. The molecule has 2 aliphatic heterocycles. The van der Waals surface area contributed by atoms with Gasteiger partial charge in [-0.05, 0) is 45.4 Å². The van der Waals surface area contributed by atoms with Crippen molar-refractivity contribution in [2.45, 2.75) is 58.1 Å². The lowest BCUT2D eigenvalue weighted by atomic mass is 9.97. The molecule has 23 heavy (non-hydrogen) atoms. The number of rotatable bonds is 4. The Morgan fingerprint density at radius 3 is 2.22 bits per heavy atom.